The second-order valence-electron chi connectivity index (χ2n) is 11.7. The number of anilines is 1. The number of likely N-dealkylation sites (tertiary alicyclic amines) is 1. The van der Waals surface area contributed by atoms with E-state index in [2.05, 4.69) is 70.7 Å². The average Bonchev–Trinajstić information content (AvgIpc) is 3.41. The van der Waals surface area contributed by atoms with E-state index in [1.54, 1.807) is 0 Å². The summed E-state index contributed by atoms with van der Waals surface area (Å²) >= 11 is 6.13. The molecule has 2 N–H and O–H groups in total. The first kappa shape index (κ1) is 27.4. The van der Waals surface area contributed by atoms with E-state index in [1.807, 2.05) is 12.1 Å². The zero-order valence-electron chi connectivity index (χ0n) is 23.2. The van der Waals surface area contributed by atoms with Gasteiger partial charge < -0.3 is 15.5 Å². The van der Waals surface area contributed by atoms with Crippen LogP contribution in [-0.2, 0) is 6.42 Å². The SMILES string of the molecule is CC(C)[N@+]1(C(=O)N2CCN(c3ccccc3CCNC3CCCNC3)CC2)CCC(c2ccc(Cl)cc2)C1. The summed E-state index contributed by atoms with van der Waals surface area (Å²) in [4.78, 5) is 18.7. The van der Waals surface area contributed by atoms with Crippen LogP contribution in [0.3, 0.4) is 0 Å². The highest BCUT2D eigenvalue weighted by Crippen LogP contribution is 2.36. The first-order chi connectivity index (χ1) is 18.5. The summed E-state index contributed by atoms with van der Waals surface area (Å²) in [6.45, 7) is 12.8. The van der Waals surface area contributed by atoms with E-state index in [0.29, 0.717) is 22.5 Å². The van der Waals surface area contributed by atoms with Gasteiger partial charge in [0.15, 0.2) is 0 Å². The van der Waals surface area contributed by atoms with Crippen LogP contribution < -0.4 is 15.5 Å². The van der Waals surface area contributed by atoms with Crippen LogP contribution in [0.5, 0.6) is 0 Å². The lowest BCUT2D eigenvalue weighted by Gasteiger charge is -2.43. The quantitative estimate of drug-likeness (QED) is 0.493. The molecule has 3 heterocycles. The van der Waals surface area contributed by atoms with Gasteiger partial charge in [-0.2, -0.15) is 0 Å². The first-order valence-electron chi connectivity index (χ1n) is 14.6. The predicted octanol–water partition coefficient (Wildman–Crippen LogP) is 4.88. The van der Waals surface area contributed by atoms with Crippen molar-refractivity contribution >= 4 is 23.3 Å². The number of carbonyl (C=O) groups is 1. The van der Waals surface area contributed by atoms with Gasteiger partial charge in [-0.3, -0.25) is 4.90 Å². The van der Waals surface area contributed by atoms with Gasteiger partial charge in [0.1, 0.15) is 0 Å². The Hall–Kier alpha value is -2.12. The number of quaternary nitrogens is 1. The molecule has 206 valence electrons. The Morgan fingerprint density at radius 1 is 1.08 bits per heavy atom. The Balaban J connectivity index is 1.19. The summed E-state index contributed by atoms with van der Waals surface area (Å²) in [7, 11) is 0. The second kappa shape index (κ2) is 12.4. The minimum absolute atomic E-state index is 0.269. The molecule has 2 amide bonds. The fraction of sp³-hybridized carbons (Fsp3) is 0.581. The van der Waals surface area contributed by atoms with Gasteiger partial charge in [0.2, 0.25) is 0 Å². The van der Waals surface area contributed by atoms with Crippen LogP contribution in [0.15, 0.2) is 48.5 Å². The number of piperazine rings is 1. The van der Waals surface area contributed by atoms with Crippen LogP contribution >= 0.6 is 11.6 Å². The third-order valence-electron chi connectivity index (χ3n) is 9.14. The number of rotatable bonds is 7. The van der Waals surface area contributed by atoms with E-state index in [1.165, 1.54) is 29.7 Å². The predicted molar refractivity (Wildman–Crippen MR) is 157 cm³/mol. The minimum atomic E-state index is 0.269. The molecule has 6 nitrogen and oxygen atoms in total. The summed E-state index contributed by atoms with van der Waals surface area (Å²) in [5.41, 5.74) is 4.04. The third-order valence-corrected chi connectivity index (χ3v) is 9.39. The van der Waals surface area contributed by atoms with Crippen molar-refractivity contribution in [3.63, 3.8) is 0 Å². The first-order valence-corrected chi connectivity index (χ1v) is 15.0. The standard InChI is InChI=1S/C31H45ClN5O/c1-24(2)37(21-14-27(23-37)25-9-11-28(32)12-10-25)31(38)36-19-17-35(18-20-36)30-8-4-3-6-26(30)13-16-34-29-7-5-15-33-22-29/h3-4,6,8-12,24,27,29,33-34H,5,7,13-23H2,1-2H3/q+1/t27?,29?,37-/m0/s1. The number of carbonyl (C=O) groups excluding carboxylic acids is 1. The molecule has 5 rings (SSSR count). The fourth-order valence-corrected chi connectivity index (χ4v) is 6.85. The van der Waals surface area contributed by atoms with Crippen molar-refractivity contribution < 1.29 is 9.28 Å². The van der Waals surface area contributed by atoms with Crippen molar-refractivity contribution in [1.29, 1.82) is 0 Å². The Kier molecular flexibility index (Phi) is 8.94. The fourth-order valence-electron chi connectivity index (χ4n) is 6.72. The van der Waals surface area contributed by atoms with E-state index < -0.39 is 0 Å². The number of hydrogen-bond donors (Lipinski definition) is 2. The molecule has 0 radical (unpaired) electrons. The smallest absolute Gasteiger partial charge is 0.368 e. The zero-order chi connectivity index (χ0) is 26.5. The number of halogens is 1. The lowest BCUT2D eigenvalue weighted by molar-refractivity contribution is -0.863. The second-order valence-corrected chi connectivity index (χ2v) is 12.1. The summed E-state index contributed by atoms with van der Waals surface area (Å²) in [6, 6.07) is 18.2. The van der Waals surface area contributed by atoms with Crippen molar-refractivity contribution in [2.75, 3.05) is 63.8 Å². The molecule has 3 aliphatic rings. The number of amides is 2. The van der Waals surface area contributed by atoms with Crippen molar-refractivity contribution in [2.24, 2.45) is 0 Å². The number of nitrogens with zero attached hydrogens (tertiary/aromatic N) is 3. The van der Waals surface area contributed by atoms with Gasteiger partial charge in [0.25, 0.3) is 0 Å². The molecule has 2 aromatic rings. The van der Waals surface area contributed by atoms with Gasteiger partial charge in [-0.1, -0.05) is 41.9 Å². The highest BCUT2D eigenvalue weighted by Gasteiger charge is 2.49. The van der Waals surface area contributed by atoms with E-state index in [9.17, 15) is 4.79 Å². The number of para-hydroxylation sites is 1. The molecule has 7 heteroatoms. The Morgan fingerprint density at radius 2 is 1.84 bits per heavy atom. The molecule has 38 heavy (non-hydrogen) atoms. The van der Waals surface area contributed by atoms with Crippen molar-refractivity contribution in [1.82, 2.24) is 15.5 Å². The zero-order valence-corrected chi connectivity index (χ0v) is 23.9. The maximum Gasteiger partial charge on any atom is 0.419 e. The number of nitrogens with one attached hydrogen (secondary N) is 2. The molecule has 0 bridgehead atoms. The number of piperidine rings is 1. The van der Waals surface area contributed by atoms with Gasteiger partial charge in [0, 0.05) is 61.8 Å². The van der Waals surface area contributed by atoms with Crippen molar-refractivity contribution in [3.8, 4) is 0 Å². The molecule has 0 aromatic heterocycles. The summed E-state index contributed by atoms with van der Waals surface area (Å²) in [5.74, 6) is 0.407. The van der Waals surface area contributed by atoms with E-state index in [0.717, 1.165) is 76.8 Å². The maximum atomic E-state index is 14.0. The van der Waals surface area contributed by atoms with Crippen LogP contribution in [0.2, 0.25) is 5.02 Å². The van der Waals surface area contributed by atoms with Crippen molar-refractivity contribution in [3.05, 3.63) is 64.7 Å². The van der Waals surface area contributed by atoms with Crippen LogP contribution in [0, 0.1) is 0 Å². The summed E-state index contributed by atoms with van der Waals surface area (Å²) in [6.07, 6.45) is 4.60. The summed E-state index contributed by atoms with van der Waals surface area (Å²) in [5, 5.41) is 8.00. The molecule has 3 fully saturated rings. The Morgan fingerprint density at radius 3 is 2.55 bits per heavy atom. The maximum absolute atomic E-state index is 14.0. The topological polar surface area (TPSA) is 47.6 Å². The van der Waals surface area contributed by atoms with Gasteiger partial charge in [-0.05, 0) is 75.5 Å². The van der Waals surface area contributed by atoms with E-state index in [4.69, 9.17) is 11.6 Å². The molecule has 0 aliphatic carbocycles. The Bertz CT molecular complexity index is 1060. The normalized spacial score (nSPS) is 26.2. The van der Waals surface area contributed by atoms with Gasteiger partial charge in [-0.25, -0.2) is 9.28 Å². The molecule has 3 saturated heterocycles. The number of hydrogen-bond acceptors (Lipinski definition) is 4. The molecule has 0 saturated carbocycles. The van der Waals surface area contributed by atoms with Gasteiger partial charge >= 0.3 is 6.03 Å². The van der Waals surface area contributed by atoms with Crippen LogP contribution in [0.25, 0.3) is 0 Å². The number of urea groups is 1. The van der Waals surface area contributed by atoms with E-state index in [-0.39, 0.29) is 6.04 Å². The van der Waals surface area contributed by atoms with Crippen molar-refractivity contribution in [2.45, 2.75) is 57.5 Å². The highest BCUT2D eigenvalue weighted by molar-refractivity contribution is 6.30. The van der Waals surface area contributed by atoms with Crippen LogP contribution in [0.1, 0.15) is 50.2 Å². The molecular weight excluding hydrogens is 494 g/mol. The average molecular weight is 539 g/mol. The molecule has 2 unspecified atom stereocenters. The summed E-state index contributed by atoms with van der Waals surface area (Å²) < 4.78 is 0.561. The molecule has 2 aromatic carbocycles. The lowest BCUT2D eigenvalue weighted by Crippen LogP contribution is -2.63. The molecule has 3 aliphatic heterocycles. The third kappa shape index (κ3) is 6.04. The lowest BCUT2D eigenvalue weighted by atomic mass is 9.98. The van der Waals surface area contributed by atoms with Crippen LogP contribution in [0.4, 0.5) is 10.5 Å². The minimum Gasteiger partial charge on any atom is -0.368 e. The number of benzene rings is 2. The van der Waals surface area contributed by atoms with Gasteiger partial charge in [-0.15, -0.1) is 0 Å². The molecular formula is C31H45ClN5O+. The molecule has 3 atom stereocenters. The monoisotopic (exact) mass is 538 g/mol. The van der Waals surface area contributed by atoms with Crippen LogP contribution in [-0.4, -0.2) is 86.4 Å². The molecule has 0 spiro atoms. The highest BCUT2D eigenvalue weighted by atomic mass is 35.5. The van der Waals surface area contributed by atoms with Gasteiger partial charge in [0.05, 0.1) is 19.1 Å². The largest absolute Gasteiger partial charge is 0.419 e. The van der Waals surface area contributed by atoms with E-state index >= 15 is 0 Å². The Labute approximate surface area is 233 Å².